The molecule has 0 saturated heterocycles. The van der Waals surface area contributed by atoms with Gasteiger partial charge in [-0.15, -0.1) is 0 Å². The van der Waals surface area contributed by atoms with Crippen molar-refractivity contribution in [3.63, 3.8) is 0 Å². The number of benzene rings is 1. The Morgan fingerprint density at radius 2 is 2.29 bits per heavy atom. The number of carbonyl (C=O) groups is 1. The lowest BCUT2D eigenvalue weighted by atomic mass is 10.2. The first-order valence-corrected chi connectivity index (χ1v) is 5.79. The summed E-state index contributed by atoms with van der Waals surface area (Å²) < 4.78 is 10.6. The second-order valence-electron chi connectivity index (χ2n) is 3.18. The van der Waals surface area contributed by atoms with Crippen LogP contribution in [0.15, 0.2) is 22.7 Å². The summed E-state index contributed by atoms with van der Waals surface area (Å²) in [6, 6.07) is 5.41. The van der Waals surface area contributed by atoms with Crippen LogP contribution in [-0.2, 0) is 16.1 Å². The number of ether oxygens (including phenoxy) is 2. The van der Waals surface area contributed by atoms with E-state index in [-0.39, 0.29) is 13.2 Å². The van der Waals surface area contributed by atoms with Crippen molar-refractivity contribution in [2.45, 2.75) is 6.61 Å². The van der Waals surface area contributed by atoms with Crippen molar-refractivity contribution in [2.24, 2.45) is 0 Å². The Hall–Kier alpha value is -1.11. The minimum absolute atomic E-state index is 0.0283. The fourth-order valence-electron chi connectivity index (χ4n) is 1.25. The summed E-state index contributed by atoms with van der Waals surface area (Å²) in [4.78, 5) is 11.3. The van der Waals surface area contributed by atoms with E-state index in [0.29, 0.717) is 12.3 Å². The molecule has 2 N–H and O–H groups in total. The van der Waals surface area contributed by atoms with Crippen LogP contribution in [0.5, 0.6) is 0 Å². The van der Waals surface area contributed by atoms with Crippen molar-refractivity contribution in [2.75, 3.05) is 25.6 Å². The van der Waals surface area contributed by atoms with Gasteiger partial charge in [0, 0.05) is 17.1 Å². The highest BCUT2D eigenvalue weighted by Crippen LogP contribution is 2.25. The Kier molecular flexibility index (Phi) is 5.96. The summed E-state index contributed by atoms with van der Waals surface area (Å²) in [6.07, 6.45) is -0.602. The summed E-state index contributed by atoms with van der Waals surface area (Å²) in [7, 11) is 1.58. The Morgan fingerprint density at radius 1 is 1.53 bits per heavy atom. The number of halogens is 1. The van der Waals surface area contributed by atoms with E-state index < -0.39 is 6.09 Å². The molecule has 1 aromatic carbocycles. The summed E-state index contributed by atoms with van der Waals surface area (Å²) in [5, 5.41) is 11.1. The van der Waals surface area contributed by atoms with Crippen LogP contribution in [0, 0.1) is 0 Å². The minimum Gasteiger partial charge on any atom is -0.447 e. The van der Waals surface area contributed by atoms with E-state index in [1.807, 2.05) is 6.07 Å². The molecule has 0 saturated carbocycles. The van der Waals surface area contributed by atoms with Gasteiger partial charge in [0.1, 0.15) is 6.61 Å². The number of rotatable bonds is 5. The van der Waals surface area contributed by atoms with Gasteiger partial charge in [-0.25, -0.2) is 4.79 Å². The zero-order chi connectivity index (χ0) is 12.7. The van der Waals surface area contributed by atoms with Gasteiger partial charge in [-0.2, -0.15) is 0 Å². The molecule has 0 heterocycles. The van der Waals surface area contributed by atoms with Crippen LogP contribution < -0.4 is 5.32 Å². The molecule has 0 bridgehead atoms. The van der Waals surface area contributed by atoms with Crippen LogP contribution >= 0.6 is 15.9 Å². The van der Waals surface area contributed by atoms with Gasteiger partial charge in [0.2, 0.25) is 0 Å². The fraction of sp³-hybridized carbons (Fsp3) is 0.364. The first-order chi connectivity index (χ1) is 8.19. The zero-order valence-corrected chi connectivity index (χ0v) is 11.0. The Labute approximate surface area is 108 Å². The third kappa shape index (κ3) is 4.33. The SMILES string of the molecule is COCc1c(Br)cccc1NC(=O)OCCO. The van der Waals surface area contributed by atoms with Crippen LogP contribution in [-0.4, -0.2) is 31.5 Å². The maximum atomic E-state index is 11.3. The van der Waals surface area contributed by atoms with Gasteiger partial charge in [0.15, 0.2) is 0 Å². The molecule has 0 unspecified atom stereocenters. The van der Waals surface area contributed by atoms with Crippen LogP contribution in [0.25, 0.3) is 0 Å². The number of nitrogens with one attached hydrogen (secondary N) is 1. The van der Waals surface area contributed by atoms with E-state index in [1.54, 1.807) is 19.2 Å². The van der Waals surface area contributed by atoms with E-state index in [1.165, 1.54) is 0 Å². The zero-order valence-electron chi connectivity index (χ0n) is 9.40. The number of carbonyl (C=O) groups excluding carboxylic acids is 1. The monoisotopic (exact) mass is 303 g/mol. The summed E-state index contributed by atoms with van der Waals surface area (Å²) in [5.41, 5.74) is 1.44. The number of hydrogen-bond acceptors (Lipinski definition) is 4. The minimum atomic E-state index is -0.602. The summed E-state index contributed by atoms with van der Waals surface area (Å²) in [6.45, 7) is 0.146. The number of anilines is 1. The van der Waals surface area contributed by atoms with Gasteiger partial charge in [-0.1, -0.05) is 22.0 Å². The number of aliphatic hydroxyl groups is 1. The molecule has 0 aromatic heterocycles. The quantitative estimate of drug-likeness (QED) is 0.874. The lowest BCUT2D eigenvalue weighted by Crippen LogP contribution is -2.17. The maximum Gasteiger partial charge on any atom is 0.411 e. The molecule has 1 rings (SSSR count). The van der Waals surface area contributed by atoms with Crippen molar-refractivity contribution >= 4 is 27.7 Å². The smallest absolute Gasteiger partial charge is 0.411 e. The fourth-order valence-corrected chi connectivity index (χ4v) is 1.73. The van der Waals surface area contributed by atoms with Gasteiger partial charge >= 0.3 is 6.09 Å². The second-order valence-corrected chi connectivity index (χ2v) is 4.04. The molecular weight excluding hydrogens is 290 g/mol. The standard InChI is InChI=1S/C11H14BrNO4/c1-16-7-8-9(12)3-2-4-10(8)13-11(15)17-6-5-14/h2-4,14H,5-7H2,1H3,(H,13,15). The molecule has 0 aliphatic carbocycles. The lowest BCUT2D eigenvalue weighted by molar-refractivity contribution is 0.131. The normalized spacial score (nSPS) is 10.1. The number of amides is 1. The highest BCUT2D eigenvalue weighted by atomic mass is 79.9. The van der Waals surface area contributed by atoms with Gasteiger partial charge in [0.25, 0.3) is 0 Å². The molecule has 0 radical (unpaired) electrons. The number of methoxy groups -OCH3 is 1. The molecule has 0 aliphatic rings. The molecule has 0 atom stereocenters. The van der Waals surface area contributed by atoms with E-state index in [9.17, 15) is 4.79 Å². The molecule has 94 valence electrons. The van der Waals surface area contributed by atoms with Crippen molar-refractivity contribution in [1.82, 2.24) is 0 Å². The van der Waals surface area contributed by atoms with Gasteiger partial charge in [-0.3, -0.25) is 5.32 Å². The Balaban J connectivity index is 2.75. The molecule has 0 spiro atoms. The van der Waals surface area contributed by atoms with Crippen LogP contribution in [0.1, 0.15) is 5.56 Å². The Morgan fingerprint density at radius 3 is 2.94 bits per heavy atom. The topological polar surface area (TPSA) is 67.8 Å². The maximum absolute atomic E-state index is 11.3. The second kappa shape index (κ2) is 7.26. The third-order valence-electron chi connectivity index (χ3n) is 1.97. The molecule has 0 aliphatic heterocycles. The molecule has 17 heavy (non-hydrogen) atoms. The molecular formula is C11H14BrNO4. The van der Waals surface area contributed by atoms with E-state index in [4.69, 9.17) is 14.6 Å². The molecule has 1 aromatic rings. The van der Waals surface area contributed by atoms with E-state index in [2.05, 4.69) is 21.2 Å². The van der Waals surface area contributed by atoms with Crippen molar-refractivity contribution < 1.29 is 19.4 Å². The number of hydrogen-bond donors (Lipinski definition) is 2. The highest BCUT2D eigenvalue weighted by molar-refractivity contribution is 9.10. The summed E-state index contributed by atoms with van der Waals surface area (Å²) in [5.74, 6) is 0. The van der Waals surface area contributed by atoms with Gasteiger partial charge in [-0.05, 0) is 12.1 Å². The molecule has 0 fully saturated rings. The van der Waals surface area contributed by atoms with E-state index in [0.717, 1.165) is 10.0 Å². The first kappa shape index (κ1) is 14.0. The number of aliphatic hydroxyl groups excluding tert-OH is 1. The first-order valence-electron chi connectivity index (χ1n) is 5.00. The van der Waals surface area contributed by atoms with E-state index >= 15 is 0 Å². The average molecular weight is 304 g/mol. The predicted molar refractivity (Wildman–Crippen MR) is 66.9 cm³/mol. The molecule has 6 heteroatoms. The van der Waals surface area contributed by atoms with Crippen LogP contribution in [0.4, 0.5) is 10.5 Å². The van der Waals surface area contributed by atoms with Gasteiger partial charge < -0.3 is 14.6 Å². The lowest BCUT2D eigenvalue weighted by Gasteiger charge is -2.12. The summed E-state index contributed by atoms with van der Waals surface area (Å²) >= 11 is 3.38. The third-order valence-corrected chi connectivity index (χ3v) is 2.71. The van der Waals surface area contributed by atoms with Crippen molar-refractivity contribution in [3.05, 3.63) is 28.2 Å². The van der Waals surface area contributed by atoms with Crippen LogP contribution in [0.3, 0.4) is 0 Å². The molecule has 1 amide bonds. The highest BCUT2D eigenvalue weighted by Gasteiger charge is 2.10. The van der Waals surface area contributed by atoms with Crippen molar-refractivity contribution in [1.29, 1.82) is 0 Å². The van der Waals surface area contributed by atoms with Crippen molar-refractivity contribution in [3.8, 4) is 0 Å². The average Bonchev–Trinajstić information content (AvgIpc) is 2.31. The van der Waals surface area contributed by atoms with Crippen LogP contribution in [0.2, 0.25) is 0 Å². The molecule has 5 nitrogen and oxygen atoms in total. The largest absolute Gasteiger partial charge is 0.447 e. The predicted octanol–water partition coefficient (Wildman–Crippen LogP) is 2.14. The Bertz CT molecular complexity index is 384. The van der Waals surface area contributed by atoms with Gasteiger partial charge in [0.05, 0.1) is 18.9 Å².